The number of nitrogens with zero attached hydrogens (tertiary/aromatic N) is 3. The van der Waals surface area contributed by atoms with Crippen LogP contribution in [0.3, 0.4) is 0 Å². The number of nitrogens with one attached hydrogen (secondary N) is 1. The number of anilines is 1. The second-order valence-corrected chi connectivity index (χ2v) is 4.95. The molecule has 0 radical (unpaired) electrons. The third kappa shape index (κ3) is 2.30. The average Bonchev–Trinajstić information content (AvgIpc) is 2.39. The molecule has 20 heavy (non-hydrogen) atoms. The number of aromatic nitrogens is 2. The van der Waals surface area contributed by atoms with E-state index in [1.165, 1.54) is 11.1 Å². The molecule has 0 fully saturated rings. The molecule has 1 unspecified atom stereocenters. The van der Waals surface area contributed by atoms with Gasteiger partial charge in [-0.1, -0.05) is 24.3 Å². The molecule has 1 aliphatic carbocycles. The minimum absolute atomic E-state index is 0.00731. The van der Waals surface area contributed by atoms with Gasteiger partial charge in [-0.15, -0.1) is 0 Å². The molecule has 0 bridgehead atoms. The monoisotopic (exact) mass is 290 g/mol. The Balaban J connectivity index is 1.74. The van der Waals surface area contributed by atoms with E-state index in [2.05, 4.69) is 27.4 Å². The maximum atomic E-state index is 10.9. The van der Waals surface area contributed by atoms with Crippen molar-refractivity contribution in [3.8, 4) is 0 Å². The van der Waals surface area contributed by atoms with Gasteiger partial charge in [0.15, 0.2) is 0 Å². The highest BCUT2D eigenvalue weighted by atomic mass is 35.5. The molecular weight excluding hydrogens is 280 g/mol. The fourth-order valence-corrected chi connectivity index (χ4v) is 2.52. The molecule has 6 nitrogen and oxygen atoms in total. The van der Waals surface area contributed by atoms with Crippen molar-refractivity contribution in [1.82, 2.24) is 9.97 Å². The quantitative estimate of drug-likeness (QED) is 0.532. The SMILES string of the molecule is O=[N+]([O-])c1cnc(Cl)nc1NCC1Cc2ccccc21. The lowest BCUT2D eigenvalue weighted by atomic mass is 9.77. The number of nitro groups is 1. The smallest absolute Gasteiger partial charge is 0.329 e. The standard InChI is InChI=1S/C13H11ClN4O2/c14-13-16-7-11(18(19)20)12(17-13)15-6-9-5-8-3-1-2-4-10(8)9/h1-4,7,9H,5-6H2,(H,15,16,17). The van der Waals surface area contributed by atoms with Crippen LogP contribution >= 0.6 is 11.6 Å². The normalized spacial score (nSPS) is 16.1. The van der Waals surface area contributed by atoms with E-state index in [0.29, 0.717) is 12.5 Å². The summed E-state index contributed by atoms with van der Waals surface area (Å²) in [7, 11) is 0. The molecule has 102 valence electrons. The van der Waals surface area contributed by atoms with Gasteiger partial charge in [-0.3, -0.25) is 10.1 Å². The summed E-state index contributed by atoms with van der Waals surface area (Å²) in [5, 5.41) is 13.9. The Morgan fingerprint density at radius 2 is 2.25 bits per heavy atom. The number of halogens is 1. The van der Waals surface area contributed by atoms with Gasteiger partial charge in [0.2, 0.25) is 11.1 Å². The summed E-state index contributed by atoms with van der Waals surface area (Å²) in [6, 6.07) is 8.18. The highest BCUT2D eigenvalue weighted by molar-refractivity contribution is 6.28. The van der Waals surface area contributed by atoms with Crippen LogP contribution < -0.4 is 5.32 Å². The molecule has 2 aromatic rings. The van der Waals surface area contributed by atoms with E-state index in [1.807, 2.05) is 12.1 Å². The fraction of sp³-hybridized carbons (Fsp3) is 0.231. The zero-order valence-corrected chi connectivity index (χ0v) is 11.2. The van der Waals surface area contributed by atoms with Gasteiger partial charge < -0.3 is 5.32 Å². The van der Waals surface area contributed by atoms with Crippen LogP contribution in [0.1, 0.15) is 17.0 Å². The van der Waals surface area contributed by atoms with Crippen molar-refractivity contribution in [1.29, 1.82) is 0 Å². The van der Waals surface area contributed by atoms with Gasteiger partial charge >= 0.3 is 5.69 Å². The summed E-state index contributed by atoms with van der Waals surface area (Å²) in [5.74, 6) is 0.513. The first-order valence-corrected chi connectivity index (χ1v) is 6.51. The van der Waals surface area contributed by atoms with Crippen LogP contribution in [0.25, 0.3) is 0 Å². The Labute approximate surface area is 120 Å². The van der Waals surface area contributed by atoms with E-state index in [9.17, 15) is 10.1 Å². The van der Waals surface area contributed by atoms with E-state index < -0.39 is 4.92 Å². The van der Waals surface area contributed by atoms with Crippen LogP contribution in [-0.2, 0) is 6.42 Å². The highest BCUT2D eigenvalue weighted by Gasteiger charge is 2.26. The molecule has 1 N–H and O–H groups in total. The zero-order chi connectivity index (χ0) is 14.1. The maximum Gasteiger partial charge on any atom is 0.329 e. The molecule has 0 saturated heterocycles. The van der Waals surface area contributed by atoms with Gasteiger partial charge in [0.25, 0.3) is 0 Å². The van der Waals surface area contributed by atoms with Crippen molar-refractivity contribution < 1.29 is 4.92 Å². The first kappa shape index (κ1) is 12.8. The largest absolute Gasteiger partial charge is 0.364 e. The van der Waals surface area contributed by atoms with Crippen molar-refractivity contribution >= 4 is 23.1 Å². The van der Waals surface area contributed by atoms with Gasteiger partial charge in [0.05, 0.1) is 4.92 Å². The lowest BCUT2D eigenvalue weighted by Gasteiger charge is -2.30. The van der Waals surface area contributed by atoms with E-state index in [0.717, 1.165) is 12.6 Å². The first-order valence-electron chi connectivity index (χ1n) is 6.14. The Kier molecular flexibility index (Phi) is 3.23. The topological polar surface area (TPSA) is 81.0 Å². The van der Waals surface area contributed by atoms with Gasteiger partial charge in [-0.25, -0.2) is 4.98 Å². The van der Waals surface area contributed by atoms with Crippen LogP contribution in [-0.4, -0.2) is 21.4 Å². The van der Waals surface area contributed by atoms with E-state index >= 15 is 0 Å². The molecule has 0 saturated carbocycles. The molecule has 0 amide bonds. The van der Waals surface area contributed by atoms with Gasteiger partial charge in [0, 0.05) is 12.5 Å². The predicted molar refractivity (Wildman–Crippen MR) is 75.1 cm³/mol. The summed E-state index contributed by atoms with van der Waals surface area (Å²) < 4.78 is 0. The van der Waals surface area contributed by atoms with Crippen molar-refractivity contribution in [2.45, 2.75) is 12.3 Å². The number of hydrogen-bond acceptors (Lipinski definition) is 5. The summed E-state index contributed by atoms with van der Waals surface area (Å²) >= 11 is 5.68. The van der Waals surface area contributed by atoms with Crippen molar-refractivity contribution in [2.75, 3.05) is 11.9 Å². The molecule has 1 heterocycles. The summed E-state index contributed by atoms with van der Waals surface area (Å²) in [4.78, 5) is 17.9. The second kappa shape index (κ2) is 5.05. The lowest BCUT2D eigenvalue weighted by Crippen LogP contribution is -2.24. The zero-order valence-electron chi connectivity index (χ0n) is 10.4. The van der Waals surface area contributed by atoms with Crippen LogP contribution in [0.2, 0.25) is 5.28 Å². The van der Waals surface area contributed by atoms with Gasteiger partial charge in [-0.2, -0.15) is 4.98 Å². The van der Waals surface area contributed by atoms with Crippen LogP contribution in [0.15, 0.2) is 30.5 Å². The maximum absolute atomic E-state index is 10.9. The number of fused-ring (bicyclic) bond motifs is 1. The number of rotatable bonds is 4. The minimum atomic E-state index is -0.520. The third-order valence-corrected chi connectivity index (χ3v) is 3.60. The van der Waals surface area contributed by atoms with E-state index in [-0.39, 0.29) is 16.8 Å². The number of benzene rings is 1. The molecular formula is C13H11ClN4O2. The molecule has 0 spiro atoms. The Morgan fingerprint density at radius 3 is 3.00 bits per heavy atom. The second-order valence-electron chi connectivity index (χ2n) is 4.61. The molecule has 3 rings (SSSR count). The van der Waals surface area contributed by atoms with Crippen LogP contribution in [0.4, 0.5) is 11.5 Å². The molecule has 1 aromatic heterocycles. The number of hydrogen-bond donors (Lipinski definition) is 1. The third-order valence-electron chi connectivity index (χ3n) is 3.41. The summed E-state index contributed by atoms with van der Waals surface area (Å²) in [6.07, 6.45) is 2.09. The Bertz CT molecular complexity index is 677. The lowest BCUT2D eigenvalue weighted by molar-refractivity contribution is -0.384. The van der Waals surface area contributed by atoms with Crippen LogP contribution in [0.5, 0.6) is 0 Å². The molecule has 0 aliphatic heterocycles. The van der Waals surface area contributed by atoms with Crippen LogP contribution in [0, 0.1) is 10.1 Å². The molecule has 1 aliphatic rings. The van der Waals surface area contributed by atoms with E-state index in [1.54, 1.807) is 0 Å². The summed E-state index contributed by atoms with van der Waals surface area (Å²) in [6.45, 7) is 0.588. The summed E-state index contributed by atoms with van der Waals surface area (Å²) in [5.41, 5.74) is 2.44. The highest BCUT2D eigenvalue weighted by Crippen LogP contribution is 2.35. The Hall–Kier alpha value is -2.21. The van der Waals surface area contributed by atoms with Gasteiger partial charge in [0.1, 0.15) is 6.20 Å². The molecule has 1 atom stereocenters. The van der Waals surface area contributed by atoms with E-state index in [4.69, 9.17) is 11.6 Å². The fourth-order valence-electron chi connectivity index (χ4n) is 2.38. The predicted octanol–water partition coefficient (Wildman–Crippen LogP) is 2.79. The minimum Gasteiger partial charge on any atom is -0.364 e. The van der Waals surface area contributed by atoms with Crippen molar-refractivity contribution in [3.05, 3.63) is 57.0 Å². The first-order chi connectivity index (χ1) is 9.65. The average molecular weight is 291 g/mol. The molecule has 7 heteroatoms. The van der Waals surface area contributed by atoms with Crippen molar-refractivity contribution in [3.63, 3.8) is 0 Å². The van der Waals surface area contributed by atoms with Crippen molar-refractivity contribution in [2.24, 2.45) is 0 Å². The Morgan fingerprint density at radius 1 is 1.45 bits per heavy atom. The van der Waals surface area contributed by atoms with Gasteiger partial charge in [-0.05, 0) is 29.1 Å². The molecule has 1 aromatic carbocycles.